The van der Waals surface area contributed by atoms with Gasteiger partial charge in [-0.1, -0.05) is 17.8 Å². The van der Waals surface area contributed by atoms with E-state index in [1.54, 1.807) is 37.7 Å². The lowest BCUT2D eigenvalue weighted by Crippen LogP contribution is -2.37. The number of aryl methyl sites for hydroxylation is 1. The minimum absolute atomic E-state index is 0.108. The van der Waals surface area contributed by atoms with Crippen LogP contribution in [0.4, 0.5) is 4.79 Å². The smallest absolute Gasteiger partial charge is 0.293 e. The van der Waals surface area contributed by atoms with Crippen molar-refractivity contribution in [2.45, 2.75) is 5.16 Å². The Morgan fingerprint density at radius 1 is 1.41 bits per heavy atom. The Bertz CT molecular complexity index is 885. The molecule has 0 saturated carbocycles. The largest absolute Gasteiger partial charge is 0.354 e. The number of hydrogen-bond donors (Lipinski definition) is 1. The van der Waals surface area contributed by atoms with Crippen molar-refractivity contribution < 1.29 is 14.4 Å². The third-order valence-electron chi connectivity index (χ3n) is 3.43. The second-order valence-electron chi connectivity index (χ2n) is 5.34. The average molecular weight is 405 g/mol. The molecule has 0 aliphatic carbocycles. The van der Waals surface area contributed by atoms with Crippen molar-refractivity contribution in [2.75, 3.05) is 18.8 Å². The van der Waals surface area contributed by atoms with Gasteiger partial charge in [-0.15, -0.1) is 5.10 Å². The van der Waals surface area contributed by atoms with E-state index in [1.807, 2.05) is 0 Å². The number of nitrogens with zero attached hydrogens (tertiary/aromatic N) is 6. The maximum absolute atomic E-state index is 12.4. The van der Waals surface area contributed by atoms with E-state index in [-0.39, 0.29) is 35.9 Å². The predicted molar refractivity (Wildman–Crippen MR) is 99.4 cm³/mol. The van der Waals surface area contributed by atoms with Gasteiger partial charge in [0.25, 0.3) is 11.1 Å². The summed E-state index contributed by atoms with van der Waals surface area (Å²) in [7, 11) is 1.68. The van der Waals surface area contributed by atoms with E-state index in [0.717, 1.165) is 22.2 Å². The van der Waals surface area contributed by atoms with Crippen molar-refractivity contribution in [3.63, 3.8) is 0 Å². The first-order valence-electron chi connectivity index (χ1n) is 7.82. The molecule has 0 radical (unpaired) electrons. The summed E-state index contributed by atoms with van der Waals surface area (Å²) >= 11 is 2.07. The SMILES string of the molecule is Cn1nnnc1SCC(=O)NCCN1C(=O)S/C(=C/c2cccnc2)C1=O. The first kappa shape index (κ1) is 19.0. The monoisotopic (exact) mass is 405 g/mol. The van der Waals surface area contributed by atoms with Crippen molar-refractivity contribution in [1.82, 2.24) is 35.4 Å². The van der Waals surface area contributed by atoms with Crippen LogP contribution in [0.25, 0.3) is 6.08 Å². The minimum atomic E-state index is -0.373. The predicted octanol–water partition coefficient (Wildman–Crippen LogP) is 0.550. The van der Waals surface area contributed by atoms with Crippen LogP contribution in [-0.2, 0) is 16.6 Å². The van der Waals surface area contributed by atoms with E-state index in [2.05, 4.69) is 25.8 Å². The molecule has 1 saturated heterocycles. The van der Waals surface area contributed by atoms with Gasteiger partial charge < -0.3 is 5.32 Å². The molecule has 140 valence electrons. The molecule has 2 aromatic heterocycles. The second-order valence-corrected chi connectivity index (χ2v) is 7.28. The van der Waals surface area contributed by atoms with Crippen LogP contribution < -0.4 is 5.32 Å². The number of carbonyl (C=O) groups excluding carboxylic acids is 3. The molecular formula is C15H15N7O3S2. The molecule has 2 aromatic rings. The van der Waals surface area contributed by atoms with Crippen LogP contribution in [0.3, 0.4) is 0 Å². The number of amides is 3. The van der Waals surface area contributed by atoms with E-state index in [9.17, 15) is 14.4 Å². The Balaban J connectivity index is 1.47. The lowest BCUT2D eigenvalue weighted by Gasteiger charge is -2.12. The number of aromatic nitrogens is 5. The molecule has 0 aromatic carbocycles. The summed E-state index contributed by atoms with van der Waals surface area (Å²) in [6, 6.07) is 3.55. The fourth-order valence-electron chi connectivity index (χ4n) is 2.14. The summed E-state index contributed by atoms with van der Waals surface area (Å²) in [5.41, 5.74) is 0.742. The number of rotatable bonds is 7. The number of imide groups is 1. The number of tetrazole rings is 1. The third-order valence-corrected chi connectivity index (χ3v) is 5.34. The van der Waals surface area contributed by atoms with Gasteiger partial charge in [-0.25, -0.2) is 4.68 Å². The van der Waals surface area contributed by atoms with Crippen LogP contribution in [-0.4, -0.2) is 66.0 Å². The van der Waals surface area contributed by atoms with Crippen LogP contribution in [0.5, 0.6) is 0 Å². The highest BCUT2D eigenvalue weighted by Gasteiger charge is 2.34. The van der Waals surface area contributed by atoms with Crippen molar-refractivity contribution in [2.24, 2.45) is 7.05 Å². The van der Waals surface area contributed by atoms with Gasteiger partial charge in [0.05, 0.1) is 10.7 Å². The summed E-state index contributed by atoms with van der Waals surface area (Å²) in [5, 5.41) is 13.8. The number of hydrogen-bond acceptors (Lipinski definition) is 9. The molecule has 0 spiro atoms. The van der Waals surface area contributed by atoms with Crippen LogP contribution in [0.15, 0.2) is 34.6 Å². The van der Waals surface area contributed by atoms with E-state index >= 15 is 0 Å². The molecule has 12 heteroatoms. The molecule has 0 unspecified atom stereocenters. The van der Waals surface area contributed by atoms with Crippen molar-refractivity contribution >= 4 is 46.7 Å². The number of pyridine rings is 1. The lowest BCUT2D eigenvalue weighted by atomic mass is 10.2. The molecule has 1 N–H and O–H groups in total. The summed E-state index contributed by atoms with van der Waals surface area (Å²) in [6.45, 7) is 0.283. The van der Waals surface area contributed by atoms with Gasteiger partial charge in [0.2, 0.25) is 11.1 Å². The van der Waals surface area contributed by atoms with Crippen molar-refractivity contribution in [3.8, 4) is 0 Å². The summed E-state index contributed by atoms with van der Waals surface area (Å²) in [4.78, 5) is 41.7. The van der Waals surface area contributed by atoms with Crippen molar-refractivity contribution in [3.05, 3.63) is 35.0 Å². The Hall–Kier alpha value is -2.73. The number of nitrogens with one attached hydrogen (secondary N) is 1. The zero-order valence-electron chi connectivity index (χ0n) is 14.2. The Morgan fingerprint density at radius 2 is 2.26 bits per heavy atom. The Morgan fingerprint density at radius 3 is 2.96 bits per heavy atom. The summed E-state index contributed by atoms with van der Waals surface area (Å²) < 4.78 is 1.47. The highest BCUT2D eigenvalue weighted by atomic mass is 32.2. The maximum Gasteiger partial charge on any atom is 0.293 e. The molecule has 1 aliphatic rings. The number of carbonyl (C=O) groups is 3. The van der Waals surface area contributed by atoms with Crippen molar-refractivity contribution in [1.29, 1.82) is 0 Å². The zero-order valence-corrected chi connectivity index (χ0v) is 15.9. The van der Waals surface area contributed by atoms with Gasteiger partial charge in [0.1, 0.15) is 0 Å². The average Bonchev–Trinajstić information content (AvgIpc) is 3.18. The van der Waals surface area contributed by atoms with E-state index in [0.29, 0.717) is 10.1 Å². The molecule has 3 heterocycles. The zero-order chi connectivity index (χ0) is 19.2. The topological polar surface area (TPSA) is 123 Å². The third kappa shape index (κ3) is 4.92. The fourth-order valence-corrected chi connectivity index (χ4v) is 3.68. The minimum Gasteiger partial charge on any atom is -0.354 e. The van der Waals surface area contributed by atoms with Crippen LogP contribution in [0.1, 0.15) is 5.56 Å². The Labute approximate surface area is 162 Å². The standard InChI is InChI=1S/C15H15N7O3S2/c1-21-14(18-19-20-21)26-9-12(23)17-5-6-22-13(24)11(27-15(22)25)7-10-3-2-4-16-8-10/h2-4,7-8H,5-6,9H2,1H3,(H,17,23)/b11-7+. The highest BCUT2D eigenvalue weighted by Crippen LogP contribution is 2.31. The van der Waals surface area contributed by atoms with Gasteiger partial charge in [-0.05, 0) is 39.9 Å². The van der Waals surface area contributed by atoms with Gasteiger partial charge in [0, 0.05) is 32.5 Å². The first-order valence-corrected chi connectivity index (χ1v) is 9.62. The summed E-state index contributed by atoms with van der Waals surface area (Å²) in [6.07, 6.45) is 4.87. The van der Waals surface area contributed by atoms with Gasteiger partial charge in [0.15, 0.2) is 0 Å². The number of thioether (sulfide) groups is 2. The molecule has 27 heavy (non-hydrogen) atoms. The molecule has 0 bridgehead atoms. The molecule has 1 fully saturated rings. The van der Waals surface area contributed by atoms with E-state index in [4.69, 9.17) is 0 Å². The first-order chi connectivity index (χ1) is 13.0. The fraction of sp³-hybridized carbons (Fsp3) is 0.267. The molecular weight excluding hydrogens is 390 g/mol. The highest BCUT2D eigenvalue weighted by molar-refractivity contribution is 8.18. The van der Waals surface area contributed by atoms with Crippen LogP contribution >= 0.6 is 23.5 Å². The van der Waals surface area contributed by atoms with Crippen LogP contribution in [0.2, 0.25) is 0 Å². The molecule has 3 amide bonds. The normalized spacial score (nSPS) is 15.6. The van der Waals surface area contributed by atoms with Crippen LogP contribution in [0, 0.1) is 0 Å². The maximum atomic E-state index is 12.4. The van der Waals surface area contributed by atoms with Gasteiger partial charge in [-0.2, -0.15) is 0 Å². The molecule has 0 atom stereocenters. The quantitative estimate of drug-likeness (QED) is 0.519. The van der Waals surface area contributed by atoms with E-state index < -0.39 is 0 Å². The van der Waals surface area contributed by atoms with E-state index in [1.165, 1.54) is 16.4 Å². The van der Waals surface area contributed by atoms with Gasteiger partial charge in [-0.3, -0.25) is 24.3 Å². The second kappa shape index (κ2) is 8.77. The lowest BCUT2D eigenvalue weighted by molar-refractivity contribution is -0.123. The molecule has 10 nitrogen and oxygen atoms in total. The molecule has 1 aliphatic heterocycles. The molecule has 3 rings (SSSR count). The van der Waals surface area contributed by atoms with Gasteiger partial charge >= 0.3 is 0 Å². The summed E-state index contributed by atoms with van der Waals surface area (Å²) in [5.74, 6) is -0.472. The Kier molecular flexibility index (Phi) is 6.19.